The number of carbonyl (C=O) groups excluding carboxylic acids is 1. The van der Waals surface area contributed by atoms with E-state index in [2.05, 4.69) is 10.2 Å². The fourth-order valence-electron chi connectivity index (χ4n) is 1.86. The van der Waals surface area contributed by atoms with Gasteiger partial charge in [-0.25, -0.2) is 0 Å². The Morgan fingerprint density at radius 3 is 2.93 bits per heavy atom. The van der Waals surface area contributed by atoms with Crippen LogP contribution in [0.25, 0.3) is 0 Å². The smallest absolute Gasteiger partial charge is 0.234 e. The minimum Gasteiger partial charge on any atom is -0.395 e. The van der Waals surface area contributed by atoms with Crippen molar-refractivity contribution in [3.63, 3.8) is 0 Å². The van der Waals surface area contributed by atoms with Crippen molar-refractivity contribution in [2.45, 2.75) is 38.8 Å². The Morgan fingerprint density at radius 1 is 1.64 bits per heavy atom. The summed E-state index contributed by atoms with van der Waals surface area (Å²) < 4.78 is 0. The third-order valence-electron chi connectivity index (χ3n) is 2.51. The zero-order valence-corrected chi connectivity index (χ0v) is 8.99. The summed E-state index contributed by atoms with van der Waals surface area (Å²) >= 11 is 0. The summed E-state index contributed by atoms with van der Waals surface area (Å²) in [6.07, 6.45) is 2.09. The molecule has 1 heterocycles. The molecule has 2 N–H and O–H groups in total. The van der Waals surface area contributed by atoms with Crippen molar-refractivity contribution in [1.29, 1.82) is 0 Å². The molecular formula is C10H20N2O2. The summed E-state index contributed by atoms with van der Waals surface area (Å²) in [7, 11) is 0. The molecule has 1 saturated heterocycles. The maximum Gasteiger partial charge on any atom is 0.234 e. The predicted octanol–water partition coefficient (Wildman–Crippen LogP) is -0.0323. The summed E-state index contributed by atoms with van der Waals surface area (Å²) in [6, 6.07) is 0.380. The number of aliphatic hydroxyl groups excluding tert-OH is 1. The highest BCUT2D eigenvalue weighted by atomic mass is 16.3. The molecule has 0 aromatic heterocycles. The molecule has 0 spiro atoms. The number of amides is 1. The van der Waals surface area contributed by atoms with Crippen LogP contribution in [0, 0.1) is 0 Å². The van der Waals surface area contributed by atoms with Gasteiger partial charge in [-0.1, -0.05) is 0 Å². The first kappa shape index (κ1) is 11.5. The van der Waals surface area contributed by atoms with E-state index in [9.17, 15) is 4.79 Å². The van der Waals surface area contributed by atoms with E-state index < -0.39 is 0 Å². The molecule has 1 rings (SSSR count). The van der Waals surface area contributed by atoms with Crippen LogP contribution in [-0.4, -0.2) is 47.7 Å². The van der Waals surface area contributed by atoms with Crippen LogP contribution in [0.1, 0.15) is 26.7 Å². The second kappa shape index (κ2) is 5.32. The molecule has 4 nitrogen and oxygen atoms in total. The highest BCUT2D eigenvalue weighted by Crippen LogP contribution is 2.15. The van der Waals surface area contributed by atoms with E-state index in [1.54, 1.807) is 0 Å². The van der Waals surface area contributed by atoms with Gasteiger partial charge in [-0.05, 0) is 33.2 Å². The summed E-state index contributed by atoms with van der Waals surface area (Å²) in [5.74, 6) is 0.0559. The normalized spacial score (nSPS) is 23.0. The monoisotopic (exact) mass is 200 g/mol. The summed E-state index contributed by atoms with van der Waals surface area (Å²) in [5.41, 5.74) is 0. The molecule has 0 saturated carbocycles. The number of carbonyl (C=O) groups is 1. The van der Waals surface area contributed by atoms with Crippen molar-refractivity contribution in [3.05, 3.63) is 0 Å². The maximum atomic E-state index is 11.4. The molecule has 1 fully saturated rings. The molecule has 4 heteroatoms. The fraction of sp³-hybridized carbons (Fsp3) is 0.900. The van der Waals surface area contributed by atoms with E-state index in [0.717, 1.165) is 19.4 Å². The molecule has 1 aliphatic rings. The van der Waals surface area contributed by atoms with E-state index in [1.807, 2.05) is 13.8 Å². The second-order valence-corrected chi connectivity index (χ2v) is 4.17. The van der Waals surface area contributed by atoms with E-state index in [4.69, 9.17) is 5.11 Å². The molecule has 0 unspecified atom stereocenters. The number of nitrogens with one attached hydrogen (secondary N) is 1. The van der Waals surface area contributed by atoms with Gasteiger partial charge in [-0.15, -0.1) is 0 Å². The van der Waals surface area contributed by atoms with Crippen LogP contribution in [0.15, 0.2) is 0 Å². The topological polar surface area (TPSA) is 52.6 Å². The lowest BCUT2D eigenvalue weighted by Gasteiger charge is -2.22. The average molecular weight is 200 g/mol. The van der Waals surface area contributed by atoms with Gasteiger partial charge in [-0.3, -0.25) is 9.69 Å². The van der Waals surface area contributed by atoms with Crippen LogP contribution in [0.5, 0.6) is 0 Å². The highest BCUT2D eigenvalue weighted by molar-refractivity contribution is 5.78. The van der Waals surface area contributed by atoms with Crippen LogP contribution in [0.3, 0.4) is 0 Å². The first-order valence-corrected chi connectivity index (χ1v) is 5.27. The van der Waals surface area contributed by atoms with Gasteiger partial charge < -0.3 is 10.4 Å². The Balaban J connectivity index is 2.32. The maximum absolute atomic E-state index is 11.4. The van der Waals surface area contributed by atoms with Gasteiger partial charge in [0, 0.05) is 12.1 Å². The summed E-state index contributed by atoms with van der Waals surface area (Å²) in [4.78, 5) is 13.5. The molecule has 0 aliphatic carbocycles. The van der Waals surface area contributed by atoms with Gasteiger partial charge in [0.05, 0.1) is 13.2 Å². The third-order valence-corrected chi connectivity index (χ3v) is 2.51. The van der Waals surface area contributed by atoms with Crippen molar-refractivity contribution in [2.24, 2.45) is 0 Å². The fourth-order valence-corrected chi connectivity index (χ4v) is 1.86. The van der Waals surface area contributed by atoms with Crippen LogP contribution in [0.4, 0.5) is 0 Å². The molecule has 14 heavy (non-hydrogen) atoms. The Kier molecular flexibility index (Phi) is 4.35. The molecule has 1 atom stereocenters. The lowest BCUT2D eigenvalue weighted by atomic mass is 10.2. The Morgan fingerprint density at radius 2 is 2.36 bits per heavy atom. The molecule has 0 radical (unpaired) electrons. The van der Waals surface area contributed by atoms with E-state index in [-0.39, 0.29) is 24.6 Å². The van der Waals surface area contributed by atoms with E-state index >= 15 is 0 Å². The van der Waals surface area contributed by atoms with Crippen molar-refractivity contribution in [3.8, 4) is 0 Å². The highest BCUT2D eigenvalue weighted by Gasteiger charge is 2.25. The molecule has 0 bridgehead atoms. The molecule has 82 valence electrons. The van der Waals surface area contributed by atoms with Gasteiger partial charge in [0.25, 0.3) is 0 Å². The lowest BCUT2D eigenvalue weighted by Crippen LogP contribution is -2.43. The molecular weight excluding hydrogens is 180 g/mol. The zero-order valence-electron chi connectivity index (χ0n) is 8.99. The van der Waals surface area contributed by atoms with Crippen molar-refractivity contribution >= 4 is 5.91 Å². The lowest BCUT2D eigenvalue weighted by molar-refractivity contribution is -0.123. The predicted molar refractivity (Wildman–Crippen MR) is 55.0 cm³/mol. The Hall–Kier alpha value is -0.610. The zero-order chi connectivity index (χ0) is 10.6. The Bertz CT molecular complexity index is 195. The minimum absolute atomic E-state index is 0.0559. The largest absolute Gasteiger partial charge is 0.395 e. The standard InChI is InChI=1S/C10H20N2O2/c1-8(2)11-10(14)6-12-5-3-4-9(12)7-13/h8-9,13H,3-7H2,1-2H3,(H,11,14)/t9-/m0/s1. The van der Waals surface area contributed by atoms with Gasteiger partial charge in [-0.2, -0.15) is 0 Å². The van der Waals surface area contributed by atoms with Gasteiger partial charge in [0.15, 0.2) is 0 Å². The van der Waals surface area contributed by atoms with E-state index in [0.29, 0.717) is 6.54 Å². The van der Waals surface area contributed by atoms with Gasteiger partial charge in [0.1, 0.15) is 0 Å². The first-order chi connectivity index (χ1) is 6.63. The minimum atomic E-state index is 0.0559. The molecule has 0 aromatic carbocycles. The Labute approximate surface area is 85.3 Å². The number of nitrogens with zero attached hydrogens (tertiary/aromatic N) is 1. The van der Waals surface area contributed by atoms with E-state index in [1.165, 1.54) is 0 Å². The van der Waals surface area contributed by atoms with Gasteiger partial charge >= 0.3 is 0 Å². The van der Waals surface area contributed by atoms with Crippen molar-refractivity contribution in [2.75, 3.05) is 19.7 Å². The van der Waals surface area contributed by atoms with Crippen LogP contribution in [-0.2, 0) is 4.79 Å². The summed E-state index contributed by atoms with van der Waals surface area (Å²) in [5, 5.41) is 11.9. The second-order valence-electron chi connectivity index (χ2n) is 4.17. The van der Waals surface area contributed by atoms with Crippen molar-refractivity contribution < 1.29 is 9.90 Å². The van der Waals surface area contributed by atoms with Crippen LogP contribution in [0.2, 0.25) is 0 Å². The number of aliphatic hydroxyl groups is 1. The average Bonchev–Trinajstić information content (AvgIpc) is 2.50. The number of hydrogen-bond acceptors (Lipinski definition) is 3. The third kappa shape index (κ3) is 3.27. The van der Waals surface area contributed by atoms with Crippen LogP contribution < -0.4 is 5.32 Å². The first-order valence-electron chi connectivity index (χ1n) is 5.27. The molecule has 1 amide bonds. The van der Waals surface area contributed by atoms with Crippen LogP contribution >= 0.6 is 0 Å². The number of rotatable bonds is 4. The molecule has 0 aromatic rings. The summed E-state index contributed by atoms with van der Waals surface area (Å²) in [6.45, 7) is 5.41. The number of hydrogen-bond donors (Lipinski definition) is 2. The molecule has 1 aliphatic heterocycles. The SMILES string of the molecule is CC(C)NC(=O)CN1CCC[C@H]1CO. The van der Waals surface area contributed by atoms with Gasteiger partial charge in [0.2, 0.25) is 5.91 Å². The number of likely N-dealkylation sites (tertiary alicyclic amines) is 1. The quantitative estimate of drug-likeness (QED) is 0.670. The van der Waals surface area contributed by atoms with Crippen molar-refractivity contribution in [1.82, 2.24) is 10.2 Å².